The zero-order chi connectivity index (χ0) is 13.6. The molecule has 18 heavy (non-hydrogen) atoms. The van der Waals surface area contributed by atoms with Gasteiger partial charge in [-0.15, -0.1) is 0 Å². The second-order valence-corrected chi connectivity index (χ2v) is 6.39. The zero-order valence-electron chi connectivity index (χ0n) is 12.3. The summed E-state index contributed by atoms with van der Waals surface area (Å²) < 4.78 is 0. The summed E-state index contributed by atoms with van der Waals surface area (Å²) >= 11 is 0. The van der Waals surface area contributed by atoms with Crippen LogP contribution in [0.25, 0.3) is 0 Å². The van der Waals surface area contributed by atoms with Crippen molar-refractivity contribution in [2.45, 2.75) is 71.3 Å². The van der Waals surface area contributed by atoms with E-state index in [4.69, 9.17) is 5.73 Å². The van der Waals surface area contributed by atoms with Crippen LogP contribution in [-0.2, 0) is 4.79 Å². The predicted octanol–water partition coefficient (Wildman–Crippen LogP) is 2.84. The molecule has 1 atom stereocenters. The number of nitrogens with one attached hydrogen (secondary N) is 1. The molecule has 1 amide bonds. The molecule has 1 fully saturated rings. The first-order valence-corrected chi connectivity index (χ1v) is 7.49. The molecular formula is C15H30N2O. The number of rotatable bonds is 5. The number of hydrogen-bond acceptors (Lipinski definition) is 2. The van der Waals surface area contributed by atoms with Gasteiger partial charge in [0.2, 0.25) is 5.91 Å². The van der Waals surface area contributed by atoms with Gasteiger partial charge in [0.05, 0.1) is 5.54 Å². The molecule has 1 unspecified atom stereocenters. The molecule has 1 rings (SSSR count). The fourth-order valence-corrected chi connectivity index (χ4v) is 2.63. The molecule has 106 valence electrons. The number of hydrogen-bond donors (Lipinski definition) is 2. The van der Waals surface area contributed by atoms with Crippen molar-refractivity contribution >= 4 is 5.91 Å². The molecule has 0 aliphatic heterocycles. The maximum atomic E-state index is 12.1. The first-order chi connectivity index (χ1) is 8.48. The lowest BCUT2D eigenvalue weighted by Crippen LogP contribution is -2.55. The van der Waals surface area contributed by atoms with Gasteiger partial charge in [0.15, 0.2) is 0 Å². The molecule has 3 N–H and O–H groups in total. The summed E-state index contributed by atoms with van der Waals surface area (Å²) in [7, 11) is 0. The van der Waals surface area contributed by atoms with Crippen LogP contribution in [0, 0.1) is 11.8 Å². The lowest BCUT2D eigenvalue weighted by molar-refractivity contribution is -0.124. The van der Waals surface area contributed by atoms with Gasteiger partial charge in [-0.05, 0) is 31.6 Å². The molecule has 0 aromatic carbocycles. The second kappa shape index (κ2) is 7.13. The van der Waals surface area contributed by atoms with Crippen molar-refractivity contribution in [2.24, 2.45) is 17.6 Å². The van der Waals surface area contributed by atoms with Crippen molar-refractivity contribution in [3.05, 3.63) is 0 Å². The van der Waals surface area contributed by atoms with E-state index in [0.29, 0.717) is 24.8 Å². The lowest BCUT2D eigenvalue weighted by Gasteiger charge is -2.34. The van der Waals surface area contributed by atoms with E-state index in [9.17, 15) is 4.79 Å². The fraction of sp³-hybridized carbons (Fsp3) is 0.933. The molecule has 0 spiro atoms. The van der Waals surface area contributed by atoms with Gasteiger partial charge in [-0.1, -0.05) is 39.5 Å². The molecule has 0 radical (unpaired) electrons. The van der Waals surface area contributed by atoms with Crippen LogP contribution in [0.2, 0.25) is 0 Å². The third kappa shape index (κ3) is 4.60. The van der Waals surface area contributed by atoms with Crippen LogP contribution in [0.4, 0.5) is 0 Å². The SMILES string of the molecule is CC(C)C(C)(CN)NC(=O)CC1CCCCCC1. The van der Waals surface area contributed by atoms with E-state index in [1.165, 1.54) is 38.5 Å². The number of nitrogens with two attached hydrogens (primary N) is 1. The molecule has 3 nitrogen and oxygen atoms in total. The van der Waals surface area contributed by atoms with Gasteiger partial charge in [-0.3, -0.25) is 4.79 Å². The highest BCUT2D eigenvalue weighted by Gasteiger charge is 2.29. The highest BCUT2D eigenvalue weighted by atomic mass is 16.1. The van der Waals surface area contributed by atoms with E-state index in [0.717, 1.165) is 0 Å². The van der Waals surface area contributed by atoms with E-state index >= 15 is 0 Å². The van der Waals surface area contributed by atoms with Crippen LogP contribution in [0.5, 0.6) is 0 Å². The van der Waals surface area contributed by atoms with Crippen LogP contribution in [0.1, 0.15) is 65.7 Å². The Morgan fingerprint density at radius 3 is 2.28 bits per heavy atom. The molecule has 0 heterocycles. The molecule has 3 heteroatoms. The maximum absolute atomic E-state index is 12.1. The lowest BCUT2D eigenvalue weighted by atomic mass is 9.87. The first kappa shape index (κ1) is 15.5. The third-order valence-electron chi connectivity index (χ3n) is 4.57. The van der Waals surface area contributed by atoms with E-state index in [-0.39, 0.29) is 11.4 Å². The Hall–Kier alpha value is -0.570. The minimum atomic E-state index is -0.262. The average Bonchev–Trinajstić information content (AvgIpc) is 2.57. The highest BCUT2D eigenvalue weighted by molar-refractivity contribution is 5.77. The first-order valence-electron chi connectivity index (χ1n) is 7.49. The van der Waals surface area contributed by atoms with Crippen molar-refractivity contribution in [2.75, 3.05) is 6.54 Å². The Bertz CT molecular complexity index is 257. The number of carbonyl (C=O) groups excluding carboxylic acids is 1. The Labute approximate surface area is 112 Å². The second-order valence-electron chi connectivity index (χ2n) is 6.39. The molecule has 0 aromatic heterocycles. The van der Waals surface area contributed by atoms with Crippen LogP contribution in [0.15, 0.2) is 0 Å². The minimum Gasteiger partial charge on any atom is -0.349 e. The summed E-state index contributed by atoms with van der Waals surface area (Å²) in [5, 5.41) is 3.15. The Kier molecular flexibility index (Phi) is 6.13. The van der Waals surface area contributed by atoms with E-state index in [2.05, 4.69) is 19.2 Å². The van der Waals surface area contributed by atoms with Gasteiger partial charge in [0.25, 0.3) is 0 Å². The van der Waals surface area contributed by atoms with Gasteiger partial charge in [-0.2, -0.15) is 0 Å². The standard InChI is InChI=1S/C15H30N2O/c1-12(2)15(3,11-16)17-14(18)10-13-8-6-4-5-7-9-13/h12-13H,4-11,16H2,1-3H3,(H,17,18). The topological polar surface area (TPSA) is 55.1 Å². The maximum Gasteiger partial charge on any atom is 0.220 e. The summed E-state index contributed by atoms with van der Waals surface area (Å²) in [6.45, 7) is 6.77. The van der Waals surface area contributed by atoms with Crippen molar-refractivity contribution in [1.82, 2.24) is 5.32 Å². The molecular weight excluding hydrogens is 224 g/mol. The monoisotopic (exact) mass is 254 g/mol. The highest BCUT2D eigenvalue weighted by Crippen LogP contribution is 2.26. The van der Waals surface area contributed by atoms with Crippen molar-refractivity contribution in [1.29, 1.82) is 0 Å². The average molecular weight is 254 g/mol. The zero-order valence-corrected chi connectivity index (χ0v) is 12.3. The van der Waals surface area contributed by atoms with Crippen molar-refractivity contribution in [3.8, 4) is 0 Å². The smallest absolute Gasteiger partial charge is 0.220 e. The Balaban J connectivity index is 2.44. The van der Waals surface area contributed by atoms with Gasteiger partial charge in [0, 0.05) is 13.0 Å². The largest absolute Gasteiger partial charge is 0.349 e. The van der Waals surface area contributed by atoms with Crippen molar-refractivity contribution in [3.63, 3.8) is 0 Å². The summed E-state index contributed by atoms with van der Waals surface area (Å²) in [5.74, 6) is 1.13. The number of carbonyl (C=O) groups is 1. The molecule has 0 saturated heterocycles. The summed E-state index contributed by atoms with van der Waals surface area (Å²) in [5.41, 5.74) is 5.54. The van der Waals surface area contributed by atoms with Gasteiger partial charge in [-0.25, -0.2) is 0 Å². The summed E-state index contributed by atoms with van der Waals surface area (Å²) in [6.07, 6.45) is 8.37. The normalized spacial score (nSPS) is 21.4. The van der Waals surface area contributed by atoms with E-state index < -0.39 is 0 Å². The summed E-state index contributed by atoms with van der Waals surface area (Å²) in [6, 6.07) is 0. The van der Waals surface area contributed by atoms with Crippen LogP contribution >= 0.6 is 0 Å². The predicted molar refractivity (Wildman–Crippen MR) is 76.2 cm³/mol. The molecule has 0 aromatic rings. The van der Waals surface area contributed by atoms with Gasteiger partial charge in [0.1, 0.15) is 0 Å². The Morgan fingerprint density at radius 2 is 1.83 bits per heavy atom. The summed E-state index contributed by atoms with van der Waals surface area (Å²) in [4.78, 5) is 12.1. The molecule has 1 saturated carbocycles. The molecule has 0 bridgehead atoms. The van der Waals surface area contributed by atoms with E-state index in [1.54, 1.807) is 0 Å². The minimum absolute atomic E-state index is 0.184. The van der Waals surface area contributed by atoms with Crippen molar-refractivity contribution < 1.29 is 4.79 Å². The third-order valence-corrected chi connectivity index (χ3v) is 4.57. The van der Waals surface area contributed by atoms with Crippen LogP contribution in [0.3, 0.4) is 0 Å². The Morgan fingerprint density at radius 1 is 1.28 bits per heavy atom. The molecule has 1 aliphatic rings. The van der Waals surface area contributed by atoms with Crippen LogP contribution in [-0.4, -0.2) is 18.0 Å². The van der Waals surface area contributed by atoms with Gasteiger partial charge < -0.3 is 11.1 Å². The molecule has 1 aliphatic carbocycles. The van der Waals surface area contributed by atoms with Crippen LogP contribution < -0.4 is 11.1 Å². The fourth-order valence-electron chi connectivity index (χ4n) is 2.63. The van der Waals surface area contributed by atoms with Gasteiger partial charge >= 0.3 is 0 Å². The number of amides is 1. The quantitative estimate of drug-likeness (QED) is 0.741. The van der Waals surface area contributed by atoms with E-state index in [1.807, 2.05) is 6.92 Å².